The molecule has 4 heterocycles. The van der Waals surface area contributed by atoms with Crippen molar-refractivity contribution in [1.82, 2.24) is 30.2 Å². The van der Waals surface area contributed by atoms with Crippen molar-refractivity contribution < 1.29 is 19.5 Å². The molecule has 0 radical (unpaired) electrons. The molecule has 2 unspecified atom stereocenters. The molecule has 1 fully saturated rings. The number of carboxylic acid groups (broad SMARTS) is 1. The van der Waals surface area contributed by atoms with Crippen molar-refractivity contribution >= 4 is 68.6 Å². The van der Waals surface area contributed by atoms with Gasteiger partial charge in [-0.1, -0.05) is 23.1 Å². The third-order valence-corrected chi connectivity index (χ3v) is 8.39. The number of fused-ring (bicyclic) bond motifs is 1. The lowest BCUT2D eigenvalue weighted by Crippen LogP contribution is -2.70. The van der Waals surface area contributed by atoms with Crippen molar-refractivity contribution in [2.45, 2.75) is 22.7 Å². The molecule has 2 aliphatic rings. The molecule has 0 aromatic carbocycles. The molecule has 0 bridgehead atoms. The second kappa shape index (κ2) is 8.32. The summed E-state index contributed by atoms with van der Waals surface area (Å²) in [7, 11) is 1.68. The van der Waals surface area contributed by atoms with Crippen molar-refractivity contribution in [1.29, 1.82) is 0 Å². The van der Waals surface area contributed by atoms with Gasteiger partial charge in [-0.2, -0.15) is 5.10 Å². The maximum absolute atomic E-state index is 12.7. The number of carbonyl (C=O) groups excluding carboxylic acids is 2. The van der Waals surface area contributed by atoms with E-state index in [0.29, 0.717) is 21.6 Å². The van der Waals surface area contributed by atoms with Gasteiger partial charge in [0.05, 0.1) is 4.47 Å². The first kappa shape index (κ1) is 21.3. The average Bonchev–Trinajstić information content (AvgIpc) is 3.27. The summed E-state index contributed by atoms with van der Waals surface area (Å²) >= 11 is 7.52. The molecule has 158 valence electrons. The highest BCUT2D eigenvalue weighted by Gasteiger charge is 2.54. The standard InChI is InChI=1S/C16H15BrN6O4S3/c1-6-19-20-16(30-6)29-5-7-4-28-14-10(13(25)23(14)11(7)15(26)27)18-12(24)9-8(17)3-22(2)21-9/h3,10,14H,4-5H2,1-2H3,(H,18,24)(H,26,27). The van der Waals surface area contributed by atoms with E-state index in [4.69, 9.17) is 0 Å². The van der Waals surface area contributed by atoms with Crippen molar-refractivity contribution in [2.24, 2.45) is 7.05 Å². The van der Waals surface area contributed by atoms with Gasteiger partial charge in [0.1, 0.15) is 22.1 Å². The van der Waals surface area contributed by atoms with Crippen LogP contribution in [0, 0.1) is 6.92 Å². The fraction of sp³-hybridized carbons (Fsp3) is 0.375. The number of rotatable bonds is 6. The number of β-lactam (4-membered cyclic amide) rings is 1. The first-order chi connectivity index (χ1) is 14.3. The van der Waals surface area contributed by atoms with Gasteiger partial charge < -0.3 is 10.4 Å². The zero-order valence-corrected chi connectivity index (χ0v) is 19.7. The van der Waals surface area contributed by atoms with E-state index in [1.165, 1.54) is 44.4 Å². The number of amides is 2. The van der Waals surface area contributed by atoms with Crippen molar-refractivity contribution in [3.63, 3.8) is 0 Å². The van der Waals surface area contributed by atoms with Crippen molar-refractivity contribution in [3.8, 4) is 0 Å². The van der Waals surface area contributed by atoms with Crippen LogP contribution < -0.4 is 5.32 Å². The zero-order chi connectivity index (χ0) is 21.6. The van der Waals surface area contributed by atoms with Crippen LogP contribution in [0.4, 0.5) is 0 Å². The Labute approximate surface area is 191 Å². The summed E-state index contributed by atoms with van der Waals surface area (Å²) in [6.45, 7) is 1.85. The monoisotopic (exact) mass is 530 g/mol. The van der Waals surface area contributed by atoms with E-state index in [9.17, 15) is 19.5 Å². The van der Waals surface area contributed by atoms with E-state index in [0.717, 1.165) is 9.35 Å². The van der Waals surface area contributed by atoms with E-state index in [1.807, 2.05) is 6.92 Å². The van der Waals surface area contributed by atoms with Crippen LogP contribution in [0.1, 0.15) is 15.5 Å². The molecule has 30 heavy (non-hydrogen) atoms. The van der Waals surface area contributed by atoms with Gasteiger partial charge in [-0.05, 0) is 28.4 Å². The summed E-state index contributed by atoms with van der Waals surface area (Å²) in [5.74, 6) is -1.25. The number of hydrogen-bond acceptors (Lipinski definition) is 9. The summed E-state index contributed by atoms with van der Waals surface area (Å²) < 4.78 is 2.75. The summed E-state index contributed by atoms with van der Waals surface area (Å²) in [4.78, 5) is 38.4. The molecule has 2 aromatic heterocycles. The number of thioether (sulfide) groups is 2. The Bertz CT molecular complexity index is 1080. The third-order valence-electron chi connectivity index (χ3n) is 4.41. The molecule has 2 aliphatic heterocycles. The Morgan fingerprint density at radius 1 is 1.43 bits per heavy atom. The Kier molecular flexibility index (Phi) is 5.92. The number of carboxylic acids is 1. The van der Waals surface area contributed by atoms with Gasteiger partial charge in [-0.25, -0.2) is 4.79 Å². The second-order valence-electron chi connectivity index (χ2n) is 6.49. The smallest absolute Gasteiger partial charge is 0.352 e. The van der Waals surface area contributed by atoms with Crippen LogP contribution in [0.5, 0.6) is 0 Å². The molecule has 4 rings (SSSR count). The molecular weight excluding hydrogens is 516 g/mol. The van der Waals surface area contributed by atoms with Gasteiger partial charge in [0.2, 0.25) is 0 Å². The number of aromatic nitrogens is 4. The highest BCUT2D eigenvalue weighted by molar-refractivity contribution is 9.10. The Hall–Kier alpha value is -1.90. The number of hydrogen-bond donors (Lipinski definition) is 2. The Morgan fingerprint density at radius 2 is 2.20 bits per heavy atom. The number of aliphatic carboxylic acids is 1. The van der Waals surface area contributed by atoms with Crippen LogP contribution in [0.2, 0.25) is 0 Å². The largest absolute Gasteiger partial charge is 0.477 e. The molecule has 2 amide bonds. The lowest BCUT2D eigenvalue weighted by atomic mass is 10.0. The van der Waals surface area contributed by atoms with Gasteiger partial charge in [0.25, 0.3) is 11.8 Å². The molecule has 2 atom stereocenters. The first-order valence-electron chi connectivity index (χ1n) is 8.59. The molecule has 1 saturated heterocycles. The number of carbonyl (C=O) groups is 3. The van der Waals surface area contributed by atoms with Gasteiger partial charge in [-0.15, -0.1) is 22.0 Å². The highest BCUT2D eigenvalue weighted by Crippen LogP contribution is 2.41. The normalized spacial score (nSPS) is 20.8. The topological polar surface area (TPSA) is 130 Å². The minimum Gasteiger partial charge on any atom is -0.477 e. The van der Waals surface area contributed by atoms with Crippen molar-refractivity contribution in [2.75, 3.05) is 11.5 Å². The number of halogens is 1. The number of nitrogens with zero attached hydrogens (tertiary/aromatic N) is 5. The van der Waals surface area contributed by atoms with E-state index in [1.54, 1.807) is 13.2 Å². The molecule has 0 aliphatic carbocycles. The van der Waals surface area contributed by atoms with E-state index >= 15 is 0 Å². The minimum absolute atomic E-state index is 0.0120. The third kappa shape index (κ3) is 3.88. The molecule has 10 nitrogen and oxygen atoms in total. The van der Waals surface area contributed by atoms with Crippen LogP contribution in [0.3, 0.4) is 0 Å². The van der Waals surface area contributed by atoms with E-state index < -0.39 is 29.2 Å². The Balaban J connectivity index is 1.49. The van der Waals surface area contributed by atoms with Crippen LogP contribution in [-0.4, -0.2) is 70.7 Å². The highest BCUT2D eigenvalue weighted by atomic mass is 79.9. The van der Waals surface area contributed by atoms with Crippen LogP contribution in [0.15, 0.2) is 26.3 Å². The molecule has 14 heteroatoms. The van der Waals surface area contributed by atoms with Crippen molar-refractivity contribution in [3.05, 3.63) is 32.6 Å². The zero-order valence-electron chi connectivity index (χ0n) is 15.7. The fourth-order valence-electron chi connectivity index (χ4n) is 3.10. The van der Waals surface area contributed by atoms with Crippen LogP contribution in [-0.2, 0) is 16.6 Å². The van der Waals surface area contributed by atoms with Gasteiger partial charge in [-0.3, -0.25) is 19.2 Å². The molecule has 2 aromatic rings. The minimum atomic E-state index is -1.16. The molecule has 0 saturated carbocycles. The maximum Gasteiger partial charge on any atom is 0.352 e. The summed E-state index contributed by atoms with van der Waals surface area (Å²) in [5.41, 5.74) is 0.803. The summed E-state index contributed by atoms with van der Waals surface area (Å²) in [6, 6.07) is -0.800. The Morgan fingerprint density at radius 3 is 2.80 bits per heavy atom. The van der Waals surface area contributed by atoms with Gasteiger partial charge >= 0.3 is 5.97 Å². The predicted molar refractivity (Wildman–Crippen MR) is 115 cm³/mol. The van der Waals surface area contributed by atoms with E-state index in [2.05, 4.69) is 36.5 Å². The first-order valence-corrected chi connectivity index (χ1v) is 12.2. The molecular formula is C16H15BrN6O4S3. The van der Waals surface area contributed by atoms with Gasteiger partial charge in [0, 0.05) is 24.8 Å². The summed E-state index contributed by atoms with van der Waals surface area (Å²) in [6.07, 6.45) is 1.63. The van der Waals surface area contributed by atoms with Gasteiger partial charge in [0.15, 0.2) is 10.0 Å². The SMILES string of the molecule is Cc1nnc(SCC2=C(C(=O)O)N3C(=O)C(NC(=O)c4nn(C)cc4Br)C3SC2)s1. The lowest BCUT2D eigenvalue weighted by Gasteiger charge is -2.49. The second-order valence-corrected chi connectivity index (χ2v) is 10.9. The quantitative estimate of drug-likeness (QED) is 0.421. The lowest BCUT2D eigenvalue weighted by molar-refractivity contribution is -0.148. The summed E-state index contributed by atoms with van der Waals surface area (Å²) in [5, 5.41) is 24.8. The number of aryl methyl sites for hydroxylation is 2. The van der Waals surface area contributed by atoms with Crippen LogP contribution >= 0.6 is 50.8 Å². The fourth-order valence-corrected chi connectivity index (χ4v) is 6.96. The number of nitrogens with one attached hydrogen (secondary N) is 1. The average molecular weight is 531 g/mol. The maximum atomic E-state index is 12.7. The van der Waals surface area contributed by atoms with Crippen LogP contribution in [0.25, 0.3) is 0 Å². The molecule has 2 N–H and O–H groups in total. The molecule has 0 spiro atoms. The predicted octanol–water partition coefficient (Wildman–Crippen LogP) is 1.49. The van der Waals surface area contributed by atoms with E-state index in [-0.39, 0.29) is 11.4 Å².